The van der Waals surface area contributed by atoms with E-state index < -0.39 is 4.92 Å². The van der Waals surface area contributed by atoms with Gasteiger partial charge in [0.15, 0.2) is 0 Å². The fraction of sp³-hybridized carbons (Fsp3) is 0.375. The molecule has 5 heteroatoms. The topological polar surface area (TPSA) is 82.0 Å². The number of hydrogen-bond acceptors (Lipinski definition) is 4. The van der Waals surface area contributed by atoms with Crippen LogP contribution < -0.4 is 5.73 Å². The van der Waals surface area contributed by atoms with Gasteiger partial charge in [0.1, 0.15) is 6.20 Å². The summed E-state index contributed by atoms with van der Waals surface area (Å²) >= 11 is 0. The van der Waals surface area contributed by atoms with Gasteiger partial charge in [-0.25, -0.2) is 0 Å². The van der Waals surface area contributed by atoms with Crippen molar-refractivity contribution in [3.05, 3.63) is 34.1 Å². The highest BCUT2D eigenvalue weighted by atomic mass is 16.6. The minimum absolute atomic E-state index is 0.00741. The molecule has 0 radical (unpaired) electrons. The maximum absolute atomic E-state index is 10.3. The van der Waals surface area contributed by atoms with Crippen molar-refractivity contribution < 1.29 is 4.92 Å². The number of nitrogens with two attached hydrogens (primary N) is 1. The summed E-state index contributed by atoms with van der Waals surface area (Å²) in [6, 6.07) is 3.07. The van der Waals surface area contributed by atoms with E-state index in [1.165, 1.54) is 12.3 Å². The summed E-state index contributed by atoms with van der Waals surface area (Å²) in [6.45, 7) is 0. The normalized spacial score (nSPS) is 18.2. The van der Waals surface area contributed by atoms with Crippen LogP contribution >= 0.6 is 0 Å². The smallest absolute Gasteiger partial charge is 0.287 e. The number of nitrogens with zero attached hydrogens (tertiary/aromatic N) is 2. The van der Waals surface area contributed by atoms with Crippen LogP contribution in [-0.4, -0.2) is 9.91 Å². The van der Waals surface area contributed by atoms with Crippen LogP contribution in [0.3, 0.4) is 0 Å². The number of rotatable bonds is 2. The molecule has 1 aromatic rings. The van der Waals surface area contributed by atoms with Gasteiger partial charge in [-0.15, -0.1) is 0 Å². The average Bonchev–Trinajstić information content (AvgIpc) is 2.85. The molecular weight excluding hydrogens is 170 g/mol. The van der Waals surface area contributed by atoms with Crippen molar-refractivity contribution >= 4 is 5.69 Å². The third-order valence-corrected chi connectivity index (χ3v) is 2.26. The van der Waals surface area contributed by atoms with Crippen molar-refractivity contribution in [1.82, 2.24) is 4.98 Å². The maximum atomic E-state index is 10.3. The van der Waals surface area contributed by atoms with Crippen molar-refractivity contribution in [3.8, 4) is 0 Å². The Morgan fingerprint density at radius 3 is 2.62 bits per heavy atom. The first-order chi connectivity index (χ1) is 6.12. The fourth-order valence-electron chi connectivity index (χ4n) is 1.18. The summed E-state index contributed by atoms with van der Waals surface area (Å²) in [4.78, 5) is 13.8. The molecule has 68 valence electrons. The Bertz CT molecular complexity index is 343. The van der Waals surface area contributed by atoms with Gasteiger partial charge in [-0.05, 0) is 18.9 Å². The van der Waals surface area contributed by atoms with Gasteiger partial charge in [-0.1, -0.05) is 0 Å². The lowest BCUT2D eigenvalue weighted by molar-refractivity contribution is -0.385. The van der Waals surface area contributed by atoms with E-state index in [0.29, 0.717) is 0 Å². The van der Waals surface area contributed by atoms with E-state index in [0.717, 1.165) is 18.5 Å². The van der Waals surface area contributed by atoms with Crippen LogP contribution in [0.15, 0.2) is 18.3 Å². The molecule has 1 fully saturated rings. The molecule has 0 atom stereocenters. The maximum Gasteiger partial charge on any atom is 0.287 e. The van der Waals surface area contributed by atoms with Crippen molar-refractivity contribution in [2.75, 3.05) is 0 Å². The number of aromatic nitrogens is 1. The monoisotopic (exact) mass is 179 g/mol. The van der Waals surface area contributed by atoms with E-state index in [9.17, 15) is 10.1 Å². The van der Waals surface area contributed by atoms with Crippen LogP contribution in [-0.2, 0) is 5.54 Å². The van der Waals surface area contributed by atoms with Crippen molar-refractivity contribution in [1.29, 1.82) is 0 Å². The largest absolute Gasteiger partial charge is 0.320 e. The molecule has 0 bridgehead atoms. The van der Waals surface area contributed by atoms with E-state index in [4.69, 9.17) is 5.73 Å². The molecule has 1 aliphatic rings. The zero-order chi connectivity index (χ0) is 9.47. The molecule has 2 rings (SSSR count). The second kappa shape index (κ2) is 2.50. The minimum Gasteiger partial charge on any atom is -0.320 e. The first-order valence-electron chi connectivity index (χ1n) is 4.02. The van der Waals surface area contributed by atoms with Crippen LogP contribution in [0.4, 0.5) is 5.69 Å². The predicted octanol–water partition coefficient (Wildman–Crippen LogP) is 0.938. The molecule has 1 aliphatic carbocycles. The molecule has 0 amide bonds. The number of hydrogen-bond donors (Lipinski definition) is 1. The first-order valence-corrected chi connectivity index (χ1v) is 4.02. The molecule has 0 aliphatic heterocycles. The van der Waals surface area contributed by atoms with Gasteiger partial charge in [-0.3, -0.25) is 15.1 Å². The van der Waals surface area contributed by atoms with E-state index >= 15 is 0 Å². The van der Waals surface area contributed by atoms with Crippen molar-refractivity contribution in [3.63, 3.8) is 0 Å². The standard InChI is InChI=1S/C8H9N3O2/c9-8(3-4-8)7-2-1-6(5-10-7)11(12)13/h1-2,5H,3-4,9H2. The van der Waals surface area contributed by atoms with Gasteiger partial charge in [0, 0.05) is 6.07 Å². The fourth-order valence-corrected chi connectivity index (χ4v) is 1.18. The molecule has 1 saturated carbocycles. The number of pyridine rings is 1. The lowest BCUT2D eigenvalue weighted by atomic mass is 10.2. The molecule has 13 heavy (non-hydrogen) atoms. The quantitative estimate of drug-likeness (QED) is 0.541. The molecule has 0 unspecified atom stereocenters. The first kappa shape index (κ1) is 8.12. The number of nitro groups is 1. The zero-order valence-electron chi connectivity index (χ0n) is 6.93. The Morgan fingerprint density at radius 2 is 2.23 bits per heavy atom. The van der Waals surface area contributed by atoms with Gasteiger partial charge in [0.05, 0.1) is 16.2 Å². The van der Waals surface area contributed by atoms with Gasteiger partial charge in [-0.2, -0.15) is 0 Å². The Morgan fingerprint density at radius 1 is 1.54 bits per heavy atom. The summed E-state index contributed by atoms with van der Waals surface area (Å²) < 4.78 is 0. The molecule has 0 saturated heterocycles. The van der Waals surface area contributed by atoms with E-state index in [2.05, 4.69) is 4.98 Å². The molecular formula is C8H9N3O2. The highest BCUT2D eigenvalue weighted by molar-refractivity contribution is 5.31. The summed E-state index contributed by atoms with van der Waals surface area (Å²) in [5, 5.41) is 10.3. The van der Waals surface area contributed by atoms with Crippen LogP contribution in [0.2, 0.25) is 0 Å². The van der Waals surface area contributed by atoms with Gasteiger partial charge >= 0.3 is 0 Å². The average molecular weight is 179 g/mol. The van der Waals surface area contributed by atoms with Crippen molar-refractivity contribution in [2.24, 2.45) is 5.73 Å². The van der Waals surface area contributed by atoms with E-state index in [1.807, 2.05) is 0 Å². The van der Waals surface area contributed by atoms with Crippen LogP contribution in [0, 0.1) is 10.1 Å². The van der Waals surface area contributed by atoms with Gasteiger partial charge in [0.2, 0.25) is 0 Å². The summed E-state index contributed by atoms with van der Waals surface area (Å²) in [6.07, 6.45) is 3.08. The summed E-state index contributed by atoms with van der Waals surface area (Å²) in [5.74, 6) is 0. The lowest BCUT2D eigenvalue weighted by Crippen LogP contribution is -2.20. The van der Waals surface area contributed by atoms with Gasteiger partial charge in [0.25, 0.3) is 5.69 Å². The molecule has 0 aromatic carbocycles. The van der Waals surface area contributed by atoms with Gasteiger partial charge < -0.3 is 5.73 Å². The molecule has 5 nitrogen and oxygen atoms in total. The lowest BCUT2D eigenvalue weighted by Gasteiger charge is -2.05. The van der Waals surface area contributed by atoms with Crippen molar-refractivity contribution in [2.45, 2.75) is 18.4 Å². The molecule has 1 aromatic heterocycles. The highest BCUT2D eigenvalue weighted by Crippen LogP contribution is 2.41. The molecule has 2 N–H and O–H groups in total. The second-order valence-electron chi connectivity index (χ2n) is 3.31. The van der Waals surface area contributed by atoms with Crippen LogP contribution in [0.25, 0.3) is 0 Å². The third-order valence-electron chi connectivity index (χ3n) is 2.26. The second-order valence-corrected chi connectivity index (χ2v) is 3.31. The van der Waals surface area contributed by atoms with E-state index in [-0.39, 0.29) is 11.2 Å². The Labute approximate surface area is 74.7 Å². The Kier molecular flexibility index (Phi) is 1.56. The Balaban J connectivity index is 2.28. The summed E-state index contributed by atoms with van der Waals surface area (Å²) in [5.41, 5.74) is 6.31. The molecule has 0 spiro atoms. The van der Waals surface area contributed by atoms with Crippen LogP contribution in [0.1, 0.15) is 18.5 Å². The third kappa shape index (κ3) is 1.38. The highest BCUT2D eigenvalue weighted by Gasteiger charge is 2.41. The Hall–Kier alpha value is -1.49. The summed E-state index contributed by atoms with van der Waals surface area (Å²) in [7, 11) is 0. The zero-order valence-corrected chi connectivity index (χ0v) is 6.93. The van der Waals surface area contributed by atoms with E-state index in [1.54, 1.807) is 6.07 Å². The van der Waals surface area contributed by atoms with Crippen LogP contribution in [0.5, 0.6) is 0 Å². The minimum atomic E-state index is -0.465. The SMILES string of the molecule is NC1(c2ccc([N+](=O)[O-])cn2)CC1. The molecule has 1 heterocycles. The predicted molar refractivity (Wildman–Crippen MR) is 46.0 cm³/mol.